The summed E-state index contributed by atoms with van der Waals surface area (Å²) in [6.07, 6.45) is 0.547. The molecule has 0 atom stereocenters. The van der Waals surface area contributed by atoms with Crippen LogP contribution in [-0.4, -0.2) is 18.4 Å². The quantitative estimate of drug-likeness (QED) is 0.727. The molecule has 1 aromatic rings. The zero-order valence-corrected chi connectivity index (χ0v) is 9.23. The van der Waals surface area contributed by atoms with Gasteiger partial charge >= 0.3 is 5.97 Å². The average molecular weight is 218 g/mol. The number of ether oxygens (including phenoxy) is 1. The van der Waals surface area contributed by atoms with Crippen molar-refractivity contribution in [3.63, 3.8) is 0 Å². The maximum Gasteiger partial charge on any atom is 0.317 e. The first kappa shape index (κ1) is 10.9. The lowest BCUT2D eigenvalue weighted by Crippen LogP contribution is -2.49. The van der Waals surface area contributed by atoms with Crippen LogP contribution >= 0.6 is 0 Å². The van der Waals surface area contributed by atoms with Crippen LogP contribution < -0.4 is 0 Å². The van der Waals surface area contributed by atoms with Crippen molar-refractivity contribution in [3.05, 3.63) is 35.9 Å². The first-order valence-electron chi connectivity index (χ1n) is 5.43. The Kier molecular flexibility index (Phi) is 2.77. The lowest BCUT2D eigenvalue weighted by atomic mass is 9.63. The maximum atomic E-state index is 11.9. The number of carbonyl (C=O) groups is 2. The fourth-order valence-electron chi connectivity index (χ4n) is 2.11. The van der Waals surface area contributed by atoms with E-state index in [1.165, 1.54) is 0 Å². The Morgan fingerprint density at radius 1 is 1.31 bits per heavy atom. The summed E-state index contributed by atoms with van der Waals surface area (Å²) in [4.78, 5) is 23.1. The van der Waals surface area contributed by atoms with Gasteiger partial charge in [0, 0.05) is 12.8 Å². The molecule has 1 aromatic carbocycles. The van der Waals surface area contributed by atoms with E-state index in [4.69, 9.17) is 4.74 Å². The number of rotatable bonds is 3. The molecule has 0 bridgehead atoms. The fourth-order valence-corrected chi connectivity index (χ4v) is 2.11. The third-order valence-corrected chi connectivity index (χ3v) is 2.99. The summed E-state index contributed by atoms with van der Waals surface area (Å²) in [6, 6.07) is 9.40. The zero-order chi connectivity index (χ0) is 11.6. The summed E-state index contributed by atoms with van der Waals surface area (Å²) in [6.45, 7) is 2.12. The van der Waals surface area contributed by atoms with Gasteiger partial charge in [-0.15, -0.1) is 0 Å². The Bertz CT molecular complexity index is 400. The van der Waals surface area contributed by atoms with Crippen LogP contribution in [0.25, 0.3) is 0 Å². The Morgan fingerprint density at radius 2 is 1.94 bits per heavy atom. The number of hydrogen-bond donors (Lipinski definition) is 0. The predicted octanol–water partition coefficient (Wildman–Crippen LogP) is 1.85. The topological polar surface area (TPSA) is 43.4 Å². The van der Waals surface area contributed by atoms with Crippen LogP contribution in [0, 0.1) is 0 Å². The van der Waals surface area contributed by atoms with Crippen molar-refractivity contribution in [2.45, 2.75) is 25.2 Å². The van der Waals surface area contributed by atoms with Gasteiger partial charge in [0.15, 0.2) is 0 Å². The molecule has 0 spiro atoms. The molecule has 0 heterocycles. The molecular formula is C13H14O3. The highest BCUT2D eigenvalue weighted by molar-refractivity contribution is 6.02. The number of ketones is 1. The van der Waals surface area contributed by atoms with E-state index in [2.05, 4.69) is 0 Å². The molecule has 1 aliphatic carbocycles. The molecular weight excluding hydrogens is 204 g/mol. The second-order valence-electron chi connectivity index (χ2n) is 4.06. The molecule has 1 fully saturated rings. The van der Waals surface area contributed by atoms with Crippen molar-refractivity contribution in [1.29, 1.82) is 0 Å². The van der Waals surface area contributed by atoms with Crippen LogP contribution in [-0.2, 0) is 19.7 Å². The monoisotopic (exact) mass is 218 g/mol. The summed E-state index contributed by atoms with van der Waals surface area (Å²) < 4.78 is 5.06. The molecule has 2 rings (SSSR count). The van der Waals surface area contributed by atoms with E-state index in [-0.39, 0.29) is 24.6 Å². The van der Waals surface area contributed by atoms with Crippen molar-refractivity contribution in [2.24, 2.45) is 0 Å². The number of benzene rings is 1. The van der Waals surface area contributed by atoms with Gasteiger partial charge in [0.2, 0.25) is 0 Å². The molecule has 0 aromatic heterocycles. The lowest BCUT2D eigenvalue weighted by Gasteiger charge is -2.38. The summed E-state index contributed by atoms with van der Waals surface area (Å²) >= 11 is 0. The second-order valence-corrected chi connectivity index (χ2v) is 4.06. The molecule has 0 unspecified atom stereocenters. The number of esters is 1. The van der Waals surface area contributed by atoms with Crippen LogP contribution in [0.5, 0.6) is 0 Å². The largest absolute Gasteiger partial charge is 0.465 e. The SMILES string of the molecule is CCOC(=O)C1(c2ccccc2)CC(=O)C1. The number of hydrogen-bond acceptors (Lipinski definition) is 3. The van der Waals surface area contributed by atoms with Gasteiger partial charge in [-0.1, -0.05) is 30.3 Å². The van der Waals surface area contributed by atoms with Crippen molar-refractivity contribution < 1.29 is 14.3 Å². The molecule has 1 saturated carbocycles. The molecule has 84 valence electrons. The van der Waals surface area contributed by atoms with Crippen molar-refractivity contribution in [1.82, 2.24) is 0 Å². The third kappa shape index (κ3) is 1.62. The Morgan fingerprint density at radius 3 is 2.44 bits per heavy atom. The average Bonchev–Trinajstić information content (AvgIpc) is 2.26. The highest BCUT2D eigenvalue weighted by atomic mass is 16.5. The van der Waals surface area contributed by atoms with E-state index < -0.39 is 5.41 Å². The minimum Gasteiger partial charge on any atom is -0.465 e. The summed E-state index contributed by atoms with van der Waals surface area (Å²) in [7, 11) is 0. The fraction of sp³-hybridized carbons (Fsp3) is 0.385. The van der Waals surface area contributed by atoms with Crippen LogP contribution in [0.1, 0.15) is 25.3 Å². The Hall–Kier alpha value is -1.64. The normalized spacial score (nSPS) is 17.7. The molecule has 0 saturated heterocycles. The molecule has 16 heavy (non-hydrogen) atoms. The highest BCUT2D eigenvalue weighted by Crippen LogP contribution is 2.42. The predicted molar refractivity (Wildman–Crippen MR) is 59.0 cm³/mol. The molecule has 3 heteroatoms. The van der Waals surface area contributed by atoms with Gasteiger partial charge in [-0.05, 0) is 12.5 Å². The van der Waals surface area contributed by atoms with Gasteiger partial charge in [-0.3, -0.25) is 9.59 Å². The van der Waals surface area contributed by atoms with Gasteiger partial charge in [-0.2, -0.15) is 0 Å². The van der Waals surface area contributed by atoms with Gasteiger partial charge in [0.05, 0.1) is 6.61 Å². The Labute approximate surface area is 94.4 Å². The summed E-state index contributed by atoms with van der Waals surface area (Å²) in [5, 5.41) is 0. The second kappa shape index (κ2) is 4.08. The van der Waals surface area contributed by atoms with Crippen molar-refractivity contribution in [3.8, 4) is 0 Å². The molecule has 1 aliphatic rings. The van der Waals surface area contributed by atoms with Gasteiger partial charge in [-0.25, -0.2) is 0 Å². The van der Waals surface area contributed by atoms with Gasteiger partial charge < -0.3 is 4.74 Å². The van der Waals surface area contributed by atoms with Crippen LogP contribution in [0.15, 0.2) is 30.3 Å². The van der Waals surface area contributed by atoms with Crippen molar-refractivity contribution in [2.75, 3.05) is 6.61 Å². The molecule has 0 N–H and O–H groups in total. The van der Waals surface area contributed by atoms with E-state index in [1.807, 2.05) is 30.3 Å². The van der Waals surface area contributed by atoms with E-state index in [0.29, 0.717) is 6.61 Å². The standard InChI is InChI=1S/C13H14O3/c1-2-16-12(15)13(8-11(14)9-13)10-6-4-3-5-7-10/h3-7H,2,8-9H2,1H3. The smallest absolute Gasteiger partial charge is 0.317 e. The van der Waals surface area contributed by atoms with Crippen LogP contribution in [0.4, 0.5) is 0 Å². The van der Waals surface area contributed by atoms with Gasteiger partial charge in [0.25, 0.3) is 0 Å². The first-order chi connectivity index (χ1) is 7.69. The van der Waals surface area contributed by atoms with Crippen LogP contribution in [0.2, 0.25) is 0 Å². The minimum atomic E-state index is -0.714. The van der Waals surface area contributed by atoms with Crippen molar-refractivity contribution >= 4 is 11.8 Å². The first-order valence-corrected chi connectivity index (χ1v) is 5.43. The Balaban J connectivity index is 2.30. The number of Topliss-reactive ketones (excluding diaryl/α,β-unsaturated/α-hetero) is 1. The molecule has 3 nitrogen and oxygen atoms in total. The third-order valence-electron chi connectivity index (χ3n) is 2.99. The maximum absolute atomic E-state index is 11.9. The van der Waals surface area contributed by atoms with E-state index in [1.54, 1.807) is 6.92 Å². The minimum absolute atomic E-state index is 0.122. The summed E-state index contributed by atoms with van der Waals surface area (Å²) in [5.74, 6) is -0.155. The van der Waals surface area contributed by atoms with E-state index in [9.17, 15) is 9.59 Å². The van der Waals surface area contributed by atoms with Gasteiger partial charge in [0.1, 0.15) is 11.2 Å². The lowest BCUT2D eigenvalue weighted by molar-refractivity contribution is -0.158. The summed E-state index contributed by atoms with van der Waals surface area (Å²) in [5.41, 5.74) is 0.169. The number of carbonyl (C=O) groups excluding carboxylic acids is 2. The molecule has 0 aliphatic heterocycles. The molecule has 0 amide bonds. The van der Waals surface area contributed by atoms with Crippen LogP contribution in [0.3, 0.4) is 0 Å². The van der Waals surface area contributed by atoms with E-state index >= 15 is 0 Å². The molecule has 0 radical (unpaired) electrons. The van der Waals surface area contributed by atoms with E-state index in [0.717, 1.165) is 5.56 Å². The highest BCUT2D eigenvalue weighted by Gasteiger charge is 2.52. The zero-order valence-electron chi connectivity index (χ0n) is 9.23.